The number of nitriles is 1. The molecular weight excluding hydrogens is 333 g/mol. The van der Waals surface area contributed by atoms with Gasteiger partial charge in [-0.15, -0.1) is 0 Å². The SMILES string of the molecule is CCOC(=O)Cc1ccc(C)c(Oc2cc(Cl)cc(C#N)c2)c1F. The molecule has 0 saturated heterocycles. The van der Waals surface area contributed by atoms with E-state index in [4.69, 9.17) is 26.3 Å². The first kappa shape index (κ1) is 17.8. The second kappa shape index (κ2) is 7.80. The summed E-state index contributed by atoms with van der Waals surface area (Å²) in [7, 11) is 0. The van der Waals surface area contributed by atoms with Crippen LogP contribution in [0, 0.1) is 24.1 Å². The standard InChI is InChI=1S/C18H15ClFNO3/c1-3-23-16(22)8-13-5-4-11(2)18(17(13)20)24-15-7-12(10-21)6-14(19)9-15/h4-7,9H,3,8H2,1-2H3. The van der Waals surface area contributed by atoms with Crippen molar-refractivity contribution >= 4 is 17.6 Å². The Morgan fingerprint density at radius 2 is 2.08 bits per heavy atom. The molecule has 4 nitrogen and oxygen atoms in total. The molecule has 6 heteroatoms. The van der Waals surface area contributed by atoms with Crippen molar-refractivity contribution in [2.75, 3.05) is 6.61 Å². The highest BCUT2D eigenvalue weighted by Crippen LogP contribution is 2.32. The van der Waals surface area contributed by atoms with Crippen LogP contribution >= 0.6 is 11.6 Å². The second-order valence-electron chi connectivity index (χ2n) is 5.06. The lowest BCUT2D eigenvalue weighted by molar-refractivity contribution is -0.142. The van der Waals surface area contributed by atoms with Crippen molar-refractivity contribution in [3.05, 3.63) is 57.9 Å². The Hall–Kier alpha value is -2.58. The zero-order valence-electron chi connectivity index (χ0n) is 13.2. The van der Waals surface area contributed by atoms with Crippen LogP contribution in [0.15, 0.2) is 30.3 Å². The number of carbonyl (C=O) groups excluding carboxylic acids is 1. The molecular formula is C18H15ClFNO3. The molecule has 24 heavy (non-hydrogen) atoms. The van der Waals surface area contributed by atoms with Gasteiger partial charge >= 0.3 is 5.97 Å². The summed E-state index contributed by atoms with van der Waals surface area (Å²) in [6.45, 7) is 3.60. The first-order valence-corrected chi connectivity index (χ1v) is 7.64. The van der Waals surface area contributed by atoms with Crippen LogP contribution in [0.2, 0.25) is 5.02 Å². The first-order chi connectivity index (χ1) is 11.4. The minimum atomic E-state index is -0.637. The average molecular weight is 348 g/mol. The summed E-state index contributed by atoms with van der Waals surface area (Å²) in [5.74, 6) is -0.917. The van der Waals surface area contributed by atoms with Crippen molar-refractivity contribution in [2.45, 2.75) is 20.3 Å². The third-order valence-corrected chi connectivity index (χ3v) is 3.45. The number of ether oxygens (including phenoxy) is 2. The van der Waals surface area contributed by atoms with Crippen molar-refractivity contribution in [2.24, 2.45) is 0 Å². The molecule has 0 fully saturated rings. The van der Waals surface area contributed by atoms with Gasteiger partial charge in [-0.1, -0.05) is 23.7 Å². The number of halogens is 2. The van der Waals surface area contributed by atoms with Crippen molar-refractivity contribution < 1.29 is 18.7 Å². The first-order valence-electron chi connectivity index (χ1n) is 7.26. The maximum atomic E-state index is 14.7. The van der Waals surface area contributed by atoms with Crippen LogP contribution in [0.4, 0.5) is 4.39 Å². The Morgan fingerprint density at radius 3 is 2.75 bits per heavy atom. The van der Waals surface area contributed by atoms with Gasteiger partial charge in [-0.05, 0) is 37.6 Å². The van der Waals surface area contributed by atoms with Crippen molar-refractivity contribution in [3.8, 4) is 17.6 Å². The molecule has 0 saturated carbocycles. The van der Waals surface area contributed by atoms with E-state index in [1.807, 2.05) is 6.07 Å². The molecule has 0 aliphatic carbocycles. The summed E-state index contributed by atoms with van der Waals surface area (Å²) in [6, 6.07) is 9.56. The number of hydrogen-bond donors (Lipinski definition) is 0. The molecule has 0 spiro atoms. The summed E-state index contributed by atoms with van der Waals surface area (Å²) >= 11 is 5.92. The lowest BCUT2D eigenvalue weighted by Crippen LogP contribution is -2.09. The highest BCUT2D eigenvalue weighted by Gasteiger charge is 2.17. The van der Waals surface area contributed by atoms with Gasteiger partial charge in [0.2, 0.25) is 0 Å². The van der Waals surface area contributed by atoms with Crippen molar-refractivity contribution in [1.29, 1.82) is 5.26 Å². The zero-order chi connectivity index (χ0) is 17.7. The van der Waals surface area contributed by atoms with E-state index in [1.54, 1.807) is 19.9 Å². The Labute approximate surface area is 144 Å². The van der Waals surface area contributed by atoms with E-state index in [9.17, 15) is 9.18 Å². The summed E-state index contributed by atoms with van der Waals surface area (Å²) in [5.41, 5.74) is 1.04. The van der Waals surface area contributed by atoms with E-state index in [1.165, 1.54) is 24.3 Å². The van der Waals surface area contributed by atoms with Gasteiger partial charge in [-0.3, -0.25) is 4.79 Å². The molecule has 2 aromatic carbocycles. The van der Waals surface area contributed by atoms with Gasteiger partial charge in [0.15, 0.2) is 11.6 Å². The van der Waals surface area contributed by atoms with Crippen LogP contribution in [-0.2, 0) is 16.0 Å². The summed E-state index contributed by atoms with van der Waals surface area (Å²) in [5, 5.41) is 9.28. The maximum Gasteiger partial charge on any atom is 0.310 e. The largest absolute Gasteiger partial charge is 0.466 e. The maximum absolute atomic E-state index is 14.7. The molecule has 0 radical (unpaired) electrons. The fourth-order valence-electron chi connectivity index (χ4n) is 2.13. The quantitative estimate of drug-likeness (QED) is 0.744. The van der Waals surface area contributed by atoms with Gasteiger partial charge in [0.1, 0.15) is 5.75 Å². The topological polar surface area (TPSA) is 59.3 Å². The van der Waals surface area contributed by atoms with Crippen LogP contribution in [0.25, 0.3) is 0 Å². The molecule has 0 atom stereocenters. The Balaban J connectivity index is 2.35. The molecule has 0 amide bonds. The number of aryl methyl sites for hydroxylation is 1. The molecule has 0 N–H and O–H groups in total. The Morgan fingerprint density at radius 1 is 1.33 bits per heavy atom. The summed E-state index contributed by atoms with van der Waals surface area (Å²) < 4.78 is 25.1. The second-order valence-corrected chi connectivity index (χ2v) is 5.49. The molecule has 0 unspecified atom stereocenters. The van der Waals surface area contributed by atoms with Crippen LogP contribution in [0.5, 0.6) is 11.5 Å². The minimum absolute atomic E-state index is 0.0112. The number of rotatable bonds is 5. The van der Waals surface area contributed by atoms with E-state index in [2.05, 4.69) is 0 Å². The van der Waals surface area contributed by atoms with Gasteiger partial charge in [0, 0.05) is 10.6 Å². The van der Waals surface area contributed by atoms with Crippen molar-refractivity contribution in [3.63, 3.8) is 0 Å². The van der Waals surface area contributed by atoms with Gasteiger partial charge in [-0.25, -0.2) is 4.39 Å². The fourth-order valence-corrected chi connectivity index (χ4v) is 2.35. The van der Waals surface area contributed by atoms with Crippen LogP contribution in [0.3, 0.4) is 0 Å². The van der Waals surface area contributed by atoms with E-state index in [-0.39, 0.29) is 30.1 Å². The minimum Gasteiger partial charge on any atom is -0.466 e. The third-order valence-electron chi connectivity index (χ3n) is 3.23. The Bertz CT molecular complexity index is 815. The van der Waals surface area contributed by atoms with Crippen LogP contribution < -0.4 is 4.74 Å². The molecule has 0 aliphatic rings. The highest BCUT2D eigenvalue weighted by atomic mass is 35.5. The van der Waals surface area contributed by atoms with Gasteiger partial charge in [-0.2, -0.15) is 5.26 Å². The van der Waals surface area contributed by atoms with E-state index in [0.717, 1.165) is 0 Å². The highest BCUT2D eigenvalue weighted by molar-refractivity contribution is 6.30. The van der Waals surface area contributed by atoms with E-state index in [0.29, 0.717) is 16.1 Å². The summed E-state index contributed by atoms with van der Waals surface area (Å²) in [4.78, 5) is 11.6. The zero-order valence-corrected chi connectivity index (χ0v) is 14.0. The van der Waals surface area contributed by atoms with E-state index < -0.39 is 11.8 Å². The van der Waals surface area contributed by atoms with Gasteiger partial charge in [0.05, 0.1) is 24.7 Å². The molecule has 0 heterocycles. The predicted molar refractivity (Wildman–Crippen MR) is 87.7 cm³/mol. The predicted octanol–water partition coefficient (Wildman–Crippen LogP) is 4.56. The van der Waals surface area contributed by atoms with Gasteiger partial charge < -0.3 is 9.47 Å². The number of benzene rings is 2. The molecule has 0 aliphatic heterocycles. The van der Waals surface area contributed by atoms with Crippen LogP contribution in [-0.4, -0.2) is 12.6 Å². The molecule has 2 rings (SSSR count). The van der Waals surface area contributed by atoms with Crippen molar-refractivity contribution in [1.82, 2.24) is 0 Å². The smallest absolute Gasteiger partial charge is 0.310 e. The normalized spacial score (nSPS) is 10.1. The summed E-state index contributed by atoms with van der Waals surface area (Å²) in [6.07, 6.45) is -0.185. The average Bonchev–Trinajstić information content (AvgIpc) is 2.54. The van der Waals surface area contributed by atoms with Crippen LogP contribution in [0.1, 0.15) is 23.6 Å². The number of hydrogen-bond acceptors (Lipinski definition) is 4. The number of carbonyl (C=O) groups is 1. The number of nitrogens with zero attached hydrogens (tertiary/aromatic N) is 1. The monoisotopic (exact) mass is 347 g/mol. The molecule has 0 bridgehead atoms. The molecule has 0 aromatic heterocycles. The number of esters is 1. The Kier molecular flexibility index (Phi) is 5.78. The third kappa shape index (κ3) is 4.24. The molecule has 2 aromatic rings. The lowest BCUT2D eigenvalue weighted by atomic mass is 10.1. The van der Waals surface area contributed by atoms with E-state index >= 15 is 0 Å². The fraction of sp³-hybridized carbons (Fsp3) is 0.222. The van der Waals surface area contributed by atoms with Gasteiger partial charge in [0.25, 0.3) is 0 Å². The lowest BCUT2D eigenvalue weighted by Gasteiger charge is -2.13. The molecule has 124 valence electrons.